The summed E-state index contributed by atoms with van der Waals surface area (Å²) < 4.78 is 5.06. The summed E-state index contributed by atoms with van der Waals surface area (Å²) in [6.45, 7) is 5.76. The molecule has 0 amide bonds. The first-order valence-corrected chi connectivity index (χ1v) is 4.43. The van der Waals surface area contributed by atoms with Crippen molar-refractivity contribution < 1.29 is 4.74 Å². The van der Waals surface area contributed by atoms with Crippen LogP contribution in [0.3, 0.4) is 0 Å². The number of nitrogens with zero attached hydrogens (tertiary/aromatic N) is 1. The van der Waals surface area contributed by atoms with Crippen molar-refractivity contribution >= 4 is 0 Å². The number of methoxy groups -OCH3 is 1. The van der Waals surface area contributed by atoms with Gasteiger partial charge >= 0.3 is 0 Å². The molecule has 0 saturated carbocycles. The van der Waals surface area contributed by atoms with Crippen LogP contribution < -0.4 is 4.74 Å². The van der Waals surface area contributed by atoms with Crippen molar-refractivity contribution in [2.24, 2.45) is 0 Å². The Balaban J connectivity index is 3.15. The minimum atomic E-state index is 0.257. The van der Waals surface area contributed by atoms with E-state index in [0.717, 1.165) is 5.56 Å². The summed E-state index contributed by atoms with van der Waals surface area (Å²) in [6, 6.07) is 7.71. The van der Waals surface area contributed by atoms with Crippen LogP contribution in [0.4, 0.5) is 0 Å². The average molecular weight is 187 g/mol. The van der Waals surface area contributed by atoms with E-state index in [-0.39, 0.29) is 5.92 Å². The summed E-state index contributed by atoms with van der Waals surface area (Å²) in [6.07, 6.45) is 1.85. The molecule has 1 rings (SSSR count). The molecule has 2 nitrogen and oxygen atoms in total. The van der Waals surface area contributed by atoms with Crippen molar-refractivity contribution in [2.75, 3.05) is 7.11 Å². The molecular formula is C12H13NO. The number of benzene rings is 1. The monoisotopic (exact) mass is 187 g/mol. The van der Waals surface area contributed by atoms with Gasteiger partial charge < -0.3 is 4.74 Å². The Morgan fingerprint density at radius 1 is 1.57 bits per heavy atom. The van der Waals surface area contributed by atoms with Crippen LogP contribution in [0, 0.1) is 11.3 Å². The van der Waals surface area contributed by atoms with Crippen LogP contribution in [0.25, 0.3) is 0 Å². The molecule has 0 N–H and O–H groups in total. The third kappa shape index (κ3) is 1.94. The summed E-state index contributed by atoms with van der Waals surface area (Å²) in [5.74, 6) is 0.875. The van der Waals surface area contributed by atoms with E-state index in [0.29, 0.717) is 11.3 Å². The number of hydrogen-bond donors (Lipinski definition) is 0. The van der Waals surface area contributed by atoms with Crippen LogP contribution >= 0.6 is 0 Å². The van der Waals surface area contributed by atoms with E-state index in [1.54, 1.807) is 7.11 Å². The molecule has 1 unspecified atom stereocenters. The maximum atomic E-state index is 8.87. The Morgan fingerprint density at radius 3 is 2.79 bits per heavy atom. The molecule has 2 heteroatoms. The van der Waals surface area contributed by atoms with Gasteiger partial charge in [0.25, 0.3) is 0 Å². The lowest BCUT2D eigenvalue weighted by Crippen LogP contribution is -1.93. The molecule has 0 aliphatic heterocycles. The van der Waals surface area contributed by atoms with Crippen molar-refractivity contribution in [1.82, 2.24) is 0 Å². The second-order valence-corrected chi connectivity index (χ2v) is 3.10. The lowest BCUT2D eigenvalue weighted by molar-refractivity contribution is 0.413. The first-order valence-electron chi connectivity index (χ1n) is 4.43. The fraction of sp³-hybridized carbons (Fsp3) is 0.250. The topological polar surface area (TPSA) is 33.0 Å². The van der Waals surface area contributed by atoms with Gasteiger partial charge in [-0.2, -0.15) is 5.26 Å². The van der Waals surface area contributed by atoms with E-state index in [9.17, 15) is 0 Å². The Bertz CT molecular complexity index is 376. The van der Waals surface area contributed by atoms with Crippen LogP contribution in [-0.4, -0.2) is 7.11 Å². The zero-order chi connectivity index (χ0) is 10.6. The molecule has 72 valence electrons. The first-order chi connectivity index (χ1) is 6.72. The molecule has 0 aliphatic carbocycles. The van der Waals surface area contributed by atoms with Crippen molar-refractivity contribution in [3.05, 3.63) is 42.0 Å². The van der Waals surface area contributed by atoms with Gasteiger partial charge in [0, 0.05) is 0 Å². The number of hydrogen-bond acceptors (Lipinski definition) is 2. The SMILES string of the molecule is C=CC(C)c1ccc(OC)c(C#N)c1. The normalized spacial score (nSPS) is 11.5. The molecule has 0 saturated heterocycles. The van der Waals surface area contributed by atoms with E-state index < -0.39 is 0 Å². The Kier molecular flexibility index (Phi) is 3.30. The molecule has 0 radical (unpaired) electrons. The molecule has 14 heavy (non-hydrogen) atoms. The lowest BCUT2D eigenvalue weighted by Gasteiger charge is -2.08. The molecule has 0 spiro atoms. The minimum Gasteiger partial charge on any atom is -0.495 e. The zero-order valence-electron chi connectivity index (χ0n) is 8.45. The number of ether oxygens (including phenoxy) is 1. The number of allylic oxidation sites excluding steroid dienone is 1. The van der Waals surface area contributed by atoms with Crippen LogP contribution in [-0.2, 0) is 0 Å². The third-order valence-corrected chi connectivity index (χ3v) is 2.22. The largest absolute Gasteiger partial charge is 0.495 e. The quantitative estimate of drug-likeness (QED) is 0.681. The van der Waals surface area contributed by atoms with Crippen LogP contribution in [0.2, 0.25) is 0 Å². The Morgan fingerprint density at radius 2 is 2.29 bits per heavy atom. The van der Waals surface area contributed by atoms with Gasteiger partial charge in [0.1, 0.15) is 11.8 Å². The average Bonchev–Trinajstić information content (AvgIpc) is 2.26. The van der Waals surface area contributed by atoms with Gasteiger partial charge in [0.2, 0.25) is 0 Å². The Hall–Kier alpha value is -1.75. The molecule has 0 heterocycles. The molecule has 1 aromatic rings. The van der Waals surface area contributed by atoms with Crippen molar-refractivity contribution in [2.45, 2.75) is 12.8 Å². The predicted octanol–water partition coefficient (Wildman–Crippen LogP) is 2.86. The first kappa shape index (κ1) is 10.3. The fourth-order valence-corrected chi connectivity index (χ4v) is 1.23. The summed E-state index contributed by atoms with van der Waals surface area (Å²) in [7, 11) is 1.56. The van der Waals surface area contributed by atoms with Crippen LogP contribution in [0.1, 0.15) is 24.0 Å². The summed E-state index contributed by atoms with van der Waals surface area (Å²) >= 11 is 0. The molecule has 0 aromatic heterocycles. The smallest absolute Gasteiger partial charge is 0.136 e. The van der Waals surface area contributed by atoms with E-state index in [1.807, 2.05) is 31.2 Å². The minimum absolute atomic E-state index is 0.257. The standard InChI is InChI=1S/C12H13NO/c1-4-9(2)10-5-6-12(14-3)11(7-10)8-13/h4-7,9H,1H2,2-3H3. The van der Waals surface area contributed by atoms with Gasteiger partial charge in [-0.3, -0.25) is 0 Å². The number of nitriles is 1. The highest BCUT2D eigenvalue weighted by atomic mass is 16.5. The highest BCUT2D eigenvalue weighted by Gasteiger charge is 2.06. The molecule has 1 aromatic carbocycles. The zero-order valence-corrected chi connectivity index (χ0v) is 8.45. The van der Waals surface area contributed by atoms with E-state index in [2.05, 4.69) is 12.6 Å². The third-order valence-electron chi connectivity index (χ3n) is 2.22. The van der Waals surface area contributed by atoms with E-state index >= 15 is 0 Å². The molecule has 1 atom stereocenters. The number of rotatable bonds is 3. The van der Waals surface area contributed by atoms with E-state index in [4.69, 9.17) is 10.00 Å². The van der Waals surface area contributed by atoms with Gasteiger partial charge in [-0.1, -0.05) is 19.1 Å². The maximum Gasteiger partial charge on any atom is 0.136 e. The van der Waals surface area contributed by atoms with Gasteiger partial charge in [-0.25, -0.2) is 0 Å². The molecule has 0 aliphatic rings. The highest BCUT2D eigenvalue weighted by molar-refractivity contribution is 5.46. The van der Waals surface area contributed by atoms with Gasteiger partial charge in [-0.05, 0) is 23.6 Å². The van der Waals surface area contributed by atoms with Gasteiger partial charge in [0.15, 0.2) is 0 Å². The van der Waals surface area contributed by atoms with Crippen LogP contribution in [0.15, 0.2) is 30.9 Å². The maximum absolute atomic E-state index is 8.87. The van der Waals surface area contributed by atoms with Crippen molar-refractivity contribution in [3.8, 4) is 11.8 Å². The summed E-state index contributed by atoms with van der Waals surface area (Å²) in [5.41, 5.74) is 1.65. The van der Waals surface area contributed by atoms with Crippen LogP contribution in [0.5, 0.6) is 5.75 Å². The highest BCUT2D eigenvalue weighted by Crippen LogP contribution is 2.23. The predicted molar refractivity (Wildman–Crippen MR) is 56.3 cm³/mol. The fourth-order valence-electron chi connectivity index (χ4n) is 1.23. The van der Waals surface area contributed by atoms with Crippen molar-refractivity contribution in [3.63, 3.8) is 0 Å². The lowest BCUT2D eigenvalue weighted by atomic mass is 9.99. The summed E-state index contributed by atoms with van der Waals surface area (Å²) in [5, 5.41) is 8.87. The molecular weight excluding hydrogens is 174 g/mol. The second kappa shape index (κ2) is 4.48. The van der Waals surface area contributed by atoms with Gasteiger partial charge in [0.05, 0.1) is 12.7 Å². The molecule has 0 fully saturated rings. The Labute approximate surface area is 84.4 Å². The van der Waals surface area contributed by atoms with Crippen molar-refractivity contribution in [1.29, 1.82) is 5.26 Å². The second-order valence-electron chi connectivity index (χ2n) is 3.10. The molecule has 0 bridgehead atoms. The summed E-state index contributed by atoms with van der Waals surface area (Å²) in [4.78, 5) is 0. The van der Waals surface area contributed by atoms with Gasteiger partial charge in [-0.15, -0.1) is 6.58 Å². The van der Waals surface area contributed by atoms with E-state index in [1.165, 1.54) is 0 Å².